The van der Waals surface area contributed by atoms with E-state index >= 15 is 0 Å². The van der Waals surface area contributed by atoms with Gasteiger partial charge in [0, 0.05) is 44.1 Å². The SMILES string of the molecule is O=C(Cc1ccc(S(=O)(=O)N2CCCC2)s1)NCCN1CCc2ccccc2C1. The largest absolute Gasteiger partial charge is 0.355 e. The molecule has 0 unspecified atom stereocenters. The summed E-state index contributed by atoms with van der Waals surface area (Å²) in [6.07, 6.45) is 3.11. The van der Waals surface area contributed by atoms with Crippen LogP contribution in [0.1, 0.15) is 28.8 Å². The quantitative estimate of drug-likeness (QED) is 0.727. The average Bonchev–Trinajstić information content (AvgIpc) is 3.41. The molecule has 2 aliphatic rings. The van der Waals surface area contributed by atoms with Crippen molar-refractivity contribution >= 4 is 27.3 Å². The van der Waals surface area contributed by atoms with Crippen LogP contribution in [0.25, 0.3) is 0 Å². The summed E-state index contributed by atoms with van der Waals surface area (Å²) in [7, 11) is -3.40. The van der Waals surface area contributed by atoms with Crippen LogP contribution in [0.3, 0.4) is 0 Å². The van der Waals surface area contributed by atoms with Crippen molar-refractivity contribution in [1.82, 2.24) is 14.5 Å². The monoisotopic (exact) mass is 433 g/mol. The van der Waals surface area contributed by atoms with E-state index in [0.29, 0.717) is 23.8 Å². The van der Waals surface area contributed by atoms with Gasteiger partial charge in [-0.25, -0.2) is 8.42 Å². The molecule has 6 nitrogen and oxygen atoms in total. The zero-order valence-electron chi connectivity index (χ0n) is 16.5. The van der Waals surface area contributed by atoms with Gasteiger partial charge in [-0.15, -0.1) is 11.3 Å². The highest BCUT2D eigenvalue weighted by molar-refractivity contribution is 7.91. The second-order valence-electron chi connectivity index (χ2n) is 7.65. The van der Waals surface area contributed by atoms with Gasteiger partial charge in [0.05, 0.1) is 6.42 Å². The highest BCUT2D eigenvalue weighted by atomic mass is 32.2. The molecule has 4 rings (SSSR count). The van der Waals surface area contributed by atoms with Crippen LogP contribution in [-0.4, -0.2) is 56.3 Å². The molecule has 29 heavy (non-hydrogen) atoms. The predicted molar refractivity (Wildman–Crippen MR) is 114 cm³/mol. The number of hydrogen-bond donors (Lipinski definition) is 1. The number of hydrogen-bond acceptors (Lipinski definition) is 5. The van der Waals surface area contributed by atoms with Crippen molar-refractivity contribution in [2.75, 3.05) is 32.7 Å². The van der Waals surface area contributed by atoms with Gasteiger partial charge in [-0.05, 0) is 42.5 Å². The van der Waals surface area contributed by atoms with E-state index < -0.39 is 10.0 Å². The molecule has 0 aliphatic carbocycles. The Labute approximate surface area is 176 Å². The second-order valence-corrected chi connectivity index (χ2v) is 11.0. The number of carbonyl (C=O) groups is 1. The van der Waals surface area contributed by atoms with Crippen LogP contribution in [0, 0.1) is 0 Å². The Bertz CT molecular complexity index is 965. The summed E-state index contributed by atoms with van der Waals surface area (Å²) in [6.45, 7) is 4.54. The lowest BCUT2D eigenvalue weighted by molar-refractivity contribution is -0.120. The number of sulfonamides is 1. The van der Waals surface area contributed by atoms with Crippen molar-refractivity contribution in [2.24, 2.45) is 0 Å². The first-order valence-corrected chi connectivity index (χ1v) is 12.4. The first-order valence-electron chi connectivity index (χ1n) is 10.2. The number of nitrogens with one attached hydrogen (secondary N) is 1. The van der Waals surface area contributed by atoms with Crippen molar-refractivity contribution in [1.29, 1.82) is 0 Å². The number of thiophene rings is 1. The number of rotatable bonds is 7. The van der Waals surface area contributed by atoms with Gasteiger partial charge >= 0.3 is 0 Å². The van der Waals surface area contributed by atoms with Crippen LogP contribution in [-0.2, 0) is 34.2 Å². The zero-order valence-corrected chi connectivity index (χ0v) is 18.1. The Hall–Kier alpha value is -1.74. The van der Waals surface area contributed by atoms with Gasteiger partial charge in [-0.2, -0.15) is 4.31 Å². The minimum absolute atomic E-state index is 0.0608. The molecule has 2 aromatic rings. The van der Waals surface area contributed by atoms with Gasteiger partial charge < -0.3 is 5.32 Å². The molecule has 1 amide bonds. The van der Waals surface area contributed by atoms with E-state index in [4.69, 9.17) is 0 Å². The van der Waals surface area contributed by atoms with Crippen LogP contribution in [0.4, 0.5) is 0 Å². The van der Waals surface area contributed by atoms with Crippen LogP contribution in [0.5, 0.6) is 0 Å². The Balaban J connectivity index is 1.24. The van der Waals surface area contributed by atoms with E-state index in [1.54, 1.807) is 16.4 Å². The molecular weight excluding hydrogens is 406 g/mol. The average molecular weight is 434 g/mol. The maximum absolute atomic E-state index is 12.6. The first kappa shape index (κ1) is 20.5. The number of nitrogens with zero attached hydrogens (tertiary/aromatic N) is 2. The van der Waals surface area contributed by atoms with E-state index in [-0.39, 0.29) is 12.3 Å². The molecule has 0 atom stereocenters. The van der Waals surface area contributed by atoms with E-state index in [1.165, 1.54) is 22.5 Å². The Morgan fingerprint density at radius 3 is 2.59 bits per heavy atom. The highest BCUT2D eigenvalue weighted by Gasteiger charge is 2.28. The van der Waals surface area contributed by atoms with Gasteiger partial charge in [0.25, 0.3) is 10.0 Å². The molecule has 0 radical (unpaired) electrons. The smallest absolute Gasteiger partial charge is 0.252 e. The summed E-state index contributed by atoms with van der Waals surface area (Å²) in [6, 6.07) is 11.9. The fraction of sp³-hybridized carbons (Fsp3) is 0.476. The highest BCUT2D eigenvalue weighted by Crippen LogP contribution is 2.27. The molecule has 1 aromatic carbocycles. The Morgan fingerprint density at radius 2 is 1.79 bits per heavy atom. The van der Waals surface area contributed by atoms with E-state index in [9.17, 15) is 13.2 Å². The summed E-state index contributed by atoms with van der Waals surface area (Å²) < 4.78 is 27.1. The van der Waals surface area contributed by atoms with Gasteiger partial charge in [-0.1, -0.05) is 24.3 Å². The van der Waals surface area contributed by atoms with Crippen LogP contribution >= 0.6 is 11.3 Å². The van der Waals surface area contributed by atoms with Crippen molar-refractivity contribution in [3.63, 3.8) is 0 Å². The summed E-state index contributed by atoms with van der Waals surface area (Å²) in [5, 5.41) is 2.97. The maximum atomic E-state index is 12.6. The normalized spacial score (nSPS) is 17.9. The fourth-order valence-electron chi connectivity index (χ4n) is 3.97. The van der Waals surface area contributed by atoms with Crippen LogP contribution < -0.4 is 5.32 Å². The number of benzene rings is 1. The first-order chi connectivity index (χ1) is 14.0. The molecule has 1 saturated heterocycles. The summed E-state index contributed by atoms with van der Waals surface area (Å²) in [4.78, 5) is 15.4. The minimum atomic E-state index is -3.40. The van der Waals surface area contributed by atoms with E-state index in [2.05, 4.69) is 34.5 Å². The lowest BCUT2D eigenvalue weighted by Crippen LogP contribution is -2.38. The molecular formula is C21H27N3O3S2. The van der Waals surface area contributed by atoms with Gasteiger partial charge in [0.2, 0.25) is 5.91 Å². The molecule has 3 heterocycles. The molecule has 0 saturated carbocycles. The van der Waals surface area contributed by atoms with Crippen molar-refractivity contribution in [3.8, 4) is 0 Å². The lowest BCUT2D eigenvalue weighted by Gasteiger charge is -2.28. The van der Waals surface area contributed by atoms with Crippen molar-refractivity contribution < 1.29 is 13.2 Å². The number of amides is 1. The molecule has 1 fully saturated rings. The zero-order chi connectivity index (χ0) is 20.3. The van der Waals surface area contributed by atoms with E-state index in [0.717, 1.165) is 43.8 Å². The molecule has 8 heteroatoms. The molecule has 2 aliphatic heterocycles. The maximum Gasteiger partial charge on any atom is 0.252 e. The van der Waals surface area contributed by atoms with E-state index in [1.807, 2.05) is 0 Å². The summed E-state index contributed by atoms with van der Waals surface area (Å²) in [5.74, 6) is -0.0608. The molecule has 0 bridgehead atoms. The summed E-state index contributed by atoms with van der Waals surface area (Å²) in [5.41, 5.74) is 2.79. The Morgan fingerprint density at radius 1 is 1.03 bits per heavy atom. The predicted octanol–water partition coefficient (Wildman–Crippen LogP) is 2.25. The van der Waals surface area contributed by atoms with Crippen LogP contribution in [0.2, 0.25) is 0 Å². The van der Waals surface area contributed by atoms with Gasteiger partial charge in [0.1, 0.15) is 4.21 Å². The molecule has 0 spiro atoms. The lowest BCUT2D eigenvalue weighted by atomic mass is 10.00. The number of carbonyl (C=O) groups excluding carboxylic acids is 1. The fourth-order valence-corrected chi connectivity index (χ4v) is 6.99. The third-order valence-electron chi connectivity index (χ3n) is 5.59. The standard InChI is InChI=1S/C21H27N3O3S2/c25-20(22-10-14-23-13-9-17-5-1-2-6-18(17)16-23)15-19-7-8-21(28-19)29(26,27)24-11-3-4-12-24/h1-2,5-8H,3-4,9-16H2,(H,22,25). The third kappa shape index (κ3) is 4.88. The molecule has 1 aromatic heterocycles. The van der Waals surface area contributed by atoms with Crippen molar-refractivity contribution in [2.45, 2.75) is 36.4 Å². The molecule has 1 N–H and O–H groups in total. The minimum Gasteiger partial charge on any atom is -0.355 e. The molecule has 156 valence electrons. The second kappa shape index (κ2) is 8.95. The van der Waals surface area contributed by atoms with Crippen molar-refractivity contribution in [3.05, 3.63) is 52.4 Å². The van der Waals surface area contributed by atoms with Crippen LogP contribution in [0.15, 0.2) is 40.6 Å². The topological polar surface area (TPSA) is 69.7 Å². The third-order valence-corrected chi connectivity index (χ3v) is 9.04. The van der Waals surface area contributed by atoms with Gasteiger partial charge in [-0.3, -0.25) is 9.69 Å². The Kier molecular flexibility index (Phi) is 6.34. The number of fused-ring (bicyclic) bond motifs is 1. The summed E-state index contributed by atoms with van der Waals surface area (Å²) >= 11 is 1.21. The van der Waals surface area contributed by atoms with Gasteiger partial charge in [0.15, 0.2) is 0 Å².